The Labute approximate surface area is 136 Å². The highest BCUT2D eigenvalue weighted by molar-refractivity contribution is 5.68. The fraction of sp³-hybridized carbons (Fsp3) is 0.588. The molecule has 6 nitrogen and oxygen atoms in total. The molecule has 0 saturated carbocycles. The second kappa shape index (κ2) is 8.86. The minimum Gasteiger partial charge on any atom is -0.445 e. The van der Waals surface area contributed by atoms with Crippen molar-refractivity contribution in [1.82, 2.24) is 4.90 Å². The maximum absolute atomic E-state index is 12.3. The lowest BCUT2D eigenvalue weighted by atomic mass is 9.94. The molecule has 1 saturated heterocycles. The zero-order chi connectivity index (χ0) is 16.7. The number of ether oxygens (including phenoxy) is 1. The van der Waals surface area contributed by atoms with Gasteiger partial charge in [-0.25, -0.2) is 4.79 Å². The summed E-state index contributed by atoms with van der Waals surface area (Å²) in [6.07, 6.45) is 0.196. The third-order valence-electron chi connectivity index (χ3n) is 4.16. The number of amides is 1. The number of piperidine rings is 1. The summed E-state index contributed by atoms with van der Waals surface area (Å²) in [4.78, 5) is 13.9. The molecule has 23 heavy (non-hydrogen) atoms. The lowest BCUT2D eigenvalue weighted by molar-refractivity contribution is -0.0174. The van der Waals surface area contributed by atoms with Crippen LogP contribution in [0.3, 0.4) is 0 Å². The molecule has 0 bridgehead atoms. The van der Waals surface area contributed by atoms with Gasteiger partial charge in [-0.05, 0) is 24.8 Å². The Morgan fingerprint density at radius 1 is 1.26 bits per heavy atom. The van der Waals surface area contributed by atoms with E-state index in [1.807, 2.05) is 30.3 Å². The van der Waals surface area contributed by atoms with Crippen molar-refractivity contribution in [1.29, 1.82) is 0 Å². The molecule has 3 N–H and O–H groups in total. The summed E-state index contributed by atoms with van der Waals surface area (Å²) in [6, 6.07) is 9.04. The Hall–Kier alpha value is -1.63. The molecule has 1 aromatic rings. The molecule has 1 heterocycles. The van der Waals surface area contributed by atoms with E-state index in [0.717, 1.165) is 18.4 Å². The number of nitrogens with zero attached hydrogens (tertiary/aromatic N) is 1. The number of aliphatic hydroxyl groups is 3. The molecule has 0 radical (unpaired) electrons. The molecule has 0 unspecified atom stereocenters. The molecule has 3 atom stereocenters. The average molecular weight is 323 g/mol. The van der Waals surface area contributed by atoms with Gasteiger partial charge in [-0.1, -0.05) is 30.3 Å². The third-order valence-corrected chi connectivity index (χ3v) is 4.16. The maximum Gasteiger partial charge on any atom is 0.410 e. The molecule has 2 rings (SSSR count). The van der Waals surface area contributed by atoms with Gasteiger partial charge < -0.3 is 25.0 Å². The first-order chi connectivity index (χ1) is 11.1. The first-order valence-electron chi connectivity index (χ1n) is 8.06. The number of rotatable bonds is 6. The second-order valence-electron chi connectivity index (χ2n) is 5.94. The Bertz CT molecular complexity index is 481. The number of carbonyl (C=O) groups excluding carboxylic acids is 1. The normalized spacial score (nSPS) is 20.8. The van der Waals surface area contributed by atoms with Gasteiger partial charge in [-0.2, -0.15) is 0 Å². The molecular weight excluding hydrogens is 298 g/mol. The highest BCUT2D eigenvalue weighted by Crippen LogP contribution is 2.23. The molecule has 0 spiro atoms. The van der Waals surface area contributed by atoms with Gasteiger partial charge >= 0.3 is 6.09 Å². The van der Waals surface area contributed by atoms with Gasteiger partial charge in [0.2, 0.25) is 0 Å². The molecule has 1 aliphatic rings. The molecular formula is C17H25NO5. The predicted octanol–water partition coefficient (Wildman–Crippen LogP) is 1.28. The van der Waals surface area contributed by atoms with Crippen LogP contribution in [-0.4, -0.2) is 57.7 Å². The van der Waals surface area contributed by atoms with Gasteiger partial charge in [-0.3, -0.25) is 0 Å². The zero-order valence-corrected chi connectivity index (χ0v) is 13.2. The highest BCUT2D eigenvalue weighted by atomic mass is 16.6. The summed E-state index contributed by atoms with van der Waals surface area (Å²) in [5.41, 5.74) is 0.908. The Kier molecular flexibility index (Phi) is 6.83. The van der Waals surface area contributed by atoms with Gasteiger partial charge in [0.1, 0.15) is 6.61 Å². The zero-order valence-electron chi connectivity index (χ0n) is 13.2. The largest absolute Gasteiger partial charge is 0.445 e. The lowest BCUT2D eigenvalue weighted by Crippen LogP contribution is -2.50. The number of aliphatic hydroxyl groups excluding tert-OH is 3. The maximum atomic E-state index is 12.3. The Morgan fingerprint density at radius 2 is 2.00 bits per heavy atom. The van der Waals surface area contributed by atoms with Crippen LogP contribution in [0.4, 0.5) is 4.79 Å². The van der Waals surface area contributed by atoms with Crippen LogP contribution in [0.15, 0.2) is 30.3 Å². The first-order valence-corrected chi connectivity index (χ1v) is 8.06. The molecule has 1 fully saturated rings. The monoisotopic (exact) mass is 323 g/mol. The summed E-state index contributed by atoms with van der Waals surface area (Å²) >= 11 is 0. The molecule has 128 valence electrons. The summed E-state index contributed by atoms with van der Waals surface area (Å²) in [7, 11) is 0. The number of hydrogen-bond donors (Lipinski definition) is 3. The summed E-state index contributed by atoms with van der Waals surface area (Å²) in [6.45, 7) is 0.324. The van der Waals surface area contributed by atoms with Crippen LogP contribution in [0, 0.1) is 0 Å². The highest BCUT2D eigenvalue weighted by Gasteiger charge is 2.33. The van der Waals surface area contributed by atoms with Crippen molar-refractivity contribution < 1.29 is 24.9 Å². The smallest absolute Gasteiger partial charge is 0.410 e. The van der Waals surface area contributed by atoms with Crippen molar-refractivity contribution in [2.75, 3.05) is 13.2 Å². The quantitative estimate of drug-likeness (QED) is 0.734. The summed E-state index contributed by atoms with van der Waals surface area (Å²) in [5.74, 6) is 0. The number of likely N-dealkylation sites (tertiary alicyclic amines) is 1. The van der Waals surface area contributed by atoms with Crippen LogP contribution < -0.4 is 0 Å². The Balaban J connectivity index is 1.92. The molecule has 0 aliphatic carbocycles. The van der Waals surface area contributed by atoms with Crippen LogP contribution in [0.2, 0.25) is 0 Å². The first kappa shape index (κ1) is 17.7. The standard InChI is InChI=1S/C17H25NO5/c19-11-14(20)10-16(21)15-8-4-5-9-18(15)17(22)23-12-13-6-2-1-3-7-13/h1-3,6-7,14-16,19-21H,4-5,8-12H2/t14-,15+,16+/m1/s1. The van der Waals surface area contributed by atoms with Crippen LogP contribution in [0.1, 0.15) is 31.2 Å². The molecule has 1 aromatic carbocycles. The van der Waals surface area contributed by atoms with E-state index in [4.69, 9.17) is 9.84 Å². The number of benzene rings is 1. The van der Waals surface area contributed by atoms with E-state index < -0.39 is 24.9 Å². The topological polar surface area (TPSA) is 90.2 Å². The minimum absolute atomic E-state index is 0.0453. The summed E-state index contributed by atoms with van der Waals surface area (Å²) < 4.78 is 5.34. The van der Waals surface area contributed by atoms with Crippen molar-refractivity contribution in [2.45, 2.75) is 50.5 Å². The van der Waals surface area contributed by atoms with Crippen molar-refractivity contribution in [3.63, 3.8) is 0 Å². The van der Waals surface area contributed by atoms with Crippen LogP contribution >= 0.6 is 0 Å². The molecule has 1 amide bonds. The van der Waals surface area contributed by atoms with E-state index in [1.165, 1.54) is 0 Å². The van der Waals surface area contributed by atoms with E-state index in [2.05, 4.69) is 0 Å². The van der Waals surface area contributed by atoms with Crippen LogP contribution in [0.5, 0.6) is 0 Å². The summed E-state index contributed by atoms with van der Waals surface area (Å²) in [5, 5.41) is 28.7. The SMILES string of the molecule is O=C(OCc1ccccc1)N1CCCC[C@H]1[C@@H](O)C[C@@H](O)CO. The van der Waals surface area contributed by atoms with Crippen molar-refractivity contribution in [3.8, 4) is 0 Å². The van der Waals surface area contributed by atoms with E-state index in [1.54, 1.807) is 4.90 Å². The van der Waals surface area contributed by atoms with E-state index >= 15 is 0 Å². The van der Waals surface area contributed by atoms with Gasteiger partial charge in [0, 0.05) is 13.0 Å². The van der Waals surface area contributed by atoms with Gasteiger partial charge in [0.05, 0.1) is 24.9 Å². The van der Waals surface area contributed by atoms with E-state index in [9.17, 15) is 15.0 Å². The van der Waals surface area contributed by atoms with Crippen molar-refractivity contribution in [3.05, 3.63) is 35.9 Å². The molecule has 1 aliphatic heterocycles. The number of carbonyl (C=O) groups is 1. The van der Waals surface area contributed by atoms with Gasteiger partial charge in [0.25, 0.3) is 0 Å². The second-order valence-corrected chi connectivity index (χ2v) is 5.94. The Morgan fingerprint density at radius 3 is 2.70 bits per heavy atom. The van der Waals surface area contributed by atoms with Crippen LogP contribution in [-0.2, 0) is 11.3 Å². The van der Waals surface area contributed by atoms with E-state index in [-0.39, 0.29) is 19.1 Å². The fourth-order valence-corrected chi connectivity index (χ4v) is 2.90. The minimum atomic E-state index is -0.978. The molecule has 6 heteroatoms. The predicted molar refractivity (Wildman–Crippen MR) is 84.7 cm³/mol. The third kappa shape index (κ3) is 5.20. The van der Waals surface area contributed by atoms with Gasteiger partial charge in [0.15, 0.2) is 0 Å². The van der Waals surface area contributed by atoms with Crippen LogP contribution in [0.25, 0.3) is 0 Å². The lowest BCUT2D eigenvalue weighted by Gasteiger charge is -2.38. The fourth-order valence-electron chi connectivity index (χ4n) is 2.90. The molecule has 0 aromatic heterocycles. The van der Waals surface area contributed by atoms with Crippen molar-refractivity contribution in [2.24, 2.45) is 0 Å². The average Bonchev–Trinajstić information content (AvgIpc) is 2.60. The van der Waals surface area contributed by atoms with Gasteiger partial charge in [-0.15, -0.1) is 0 Å². The van der Waals surface area contributed by atoms with Crippen molar-refractivity contribution >= 4 is 6.09 Å². The van der Waals surface area contributed by atoms with E-state index in [0.29, 0.717) is 13.0 Å². The number of hydrogen-bond acceptors (Lipinski definition) is 5.